The molecule has 0 amide bonds. The Balaban J connectivity index is 1.44. The summed E-state index contributed by atoms with van der Waals surface area (Å²) >= 11 is 1.45. The normalized spacial score (nSPS) is 11.5. The van der Waals surface area contributed by atoms with Crippen molar-refractivity contribution in [2.75, 3.05) is 9.80 Å². The number of hydrogen-bond acceptors (Lipinski definition) is 5. The van der Waals surface area contributed by atoms with E-state index in [1.807, 2.05) is 78.9 Å². The molecular formula is C44H29N3O2S. The highest BCUT2D eigenvalue weighted by Gasteiger charge is 2.20. The molecule has 0 unspecified atom stereocenters. The fraction of sp³-hybridized carbons (Fsp3) is 0. The number of carboxylic acid groups (broad SMARTS) is 1. The number of anilines is 6. The molecule has 0 aliphatic carbocycles. The van der Waals surface area contributed by atoms with Crippen molar-refractivity contribution in [2.45, 2.75) is 0 Å². The van der Waals surface area contributed by atoms with Gasteiger partial charge in [-0.05, 0) is 106 Å². The number of benzene rings is 7. The lowest BCUT2D eigenvalue weighted by Crippen LogP contribution is -2.10. The zero-order chi connectivity index (χ0) is 34.0. The van der Waals surface area contributed by atoms with Gasteiger partial charge < -0.3 is 14.9 Å². The first-order valence-electron chi connectivity index (χ1n) is 16.2. The van der Waals surface area contributed by atoms with E-state index in [1.165, 1.54) is 17.4 Å². The van der Waals surface area contributed by atoms with E-state index in [-0.39, 0.29) is 5.57 Å². The van der Waals surface area contributed by atoms with E-state index in [4.69, 9.17) is 0 Å². The molecule has 0 radical (unpaired) electrons. The second kappa shape index (κ2) is 13.1. The molecule has 0 aliphatic heterocycles. The Labute approximate surface area is 293 Å². The maximum atomic E-state index is 11.9. The van der Waals surface area contributed by atoms with Crippen LogP contribution in [0.5, 0.6) is 0 Å². The van der Waals surface area contributed by atoms with E-state index in [0.717, 1.165) is 71.3 Å². The van der Waals surface area contributed by atoms with Gasteiger partial charge in [-0.2, -0.15) is 5.26 Å². The molecule has 50 heavy (non-hydrogen) atoms. The van der Waals surface area contributed by atoms with E-state index in [9.17, 15) is 15.2 Å². The third-order valence-corrected chi connectivity index (χ3v) is 9.81. The number of nitrogens with zero attached hydrogens (tertiary/aromatic N) is 3. The molecule has 0 bridgehead atoms. The van der Waals surface area contributed by atoms with E-state index in [0.29, 0.717) is 0 Å². The number of rotatable bonds is 8. The minimum Gasteiger partial charge on any atom is -0.477 e. The molecule has 0 saturated heterocycles. The number of carbonyl (C=O) groups is 1. The molecule has 8 aromatic rings. The van der Waals surface area contributed by atoms with Crippen LogP contribution in [0.2, 0.25) is 0 Å². The number of hydrogen-bond donors (Lipinski definition) is 1. The fourth-order valence-electron chi connectivity index (χ4n) is 6.67. The molecule has 8 rings (SSSR count). The number of carboxylic acids is 1. The van der Waals surface area contributed by atoms with Crippen molar-refractivity contribution in [3.8, 4) is 6.07 Å². The Morgan fingerprint density at radius 1 is 0.540 bits per heavy atom. The maximum Gasteiger partial charge on any atom is 0.346 e. The van der Waals surface area contributed by atoms with Gasteiger partial charge in [0.15, 0.2) is 0 Å². The van der Waals surface area contributed by atoms with Crippen molar-refractivity contribution in [1.82, 2.24) is 0 Å². The van der Waals surface area contributed by atoms with Crippen LogP contribution in [0.4, 0.5) is 34.1 Å². The summed E-state index contributed by atoms with van der Waals surface area (Å²) in [5.41, 5.74) is 5.85. The highest BCUT2D eigenvalue weighted by molar-refractivity contribution is 7.13. The third-order valence-electron chi connectivity index (χ3n) is 8.88. The van der Waals surface area contributed by atoms with Crippen LogP contribution in [-0.4, -0.2) is 11.1 Å². The lowest BCUT2D eigenvalue weighted by atomic mass is 9.94. The maximum absolute atomic E-state index is 11.9. The molecule has 0 atom stereocenters. The van der Waals surface area contributed by atoms with Crippen LogP contribution < -0.4 is 9.80 Å². The van der Waals surface area contributed by atoms with Crippen molar-refractivity contribution < 1.29 is 9.90 Å². The van der Waals surface area contributed by atoms with Crippen LogP contribution in [0.3, 0.4) is 0 Å². The van der Waals surface area contributed by atoms with Crippen molar-refractivity contribution in [3.05, 3.63) is 174 Å². The summed E-state index contributed by atoms with van der Waals surface area (Å²) < 4.78 is 0. The molecule has 0 saturated carbocycles. The molecule has 0 spiro atoms. The van der Waals surface area contributed by atoms with Gasteiger partial charge in [0.05, 0.1) is 0 Å². The Morgan fingerprint density at radius 3 is 1.38 bits per heavy atom. The largest absolute Gasteiger partial charge is 0.477 e. The molecule has 7 aromatic carbocycles. The molecule has 1 heterocycles. The Hall–Kier alpha value is -6.68. The van der Waals surface area contributed by atoms with E-state index in [1.54, 1.807) is 0 Å². The molecule has 1 aromatic heterocycles. The van der Waals surface area contributed by atoms with Crippen LogP contribution in [0.15, 0.2) is 169 Å². The summed E-state index contributed by atoms with van der Waals surface area (Å²) in [6.45, 7) is 0. The summed E-state index contributed by atoms with van der Waals surface area (Å²) in [4.78, 5) is 17.1. The molecule has 5 nitrogen and oxygen atoms in total. The first-order valence-corrected chi connectivity index (χ1v) is 17.0. The average molecular weight is 664 g/mol. The summed E-state index contributed by atoms with van der Waals surface area (Å²) in [5.74, 6) is -1.24. The molecule has 1 N–H and O–H groups in total. The van der Waals surface area contributed by atoms with Crippen molar-refractivity contribution in [1.29, 1.82) is 5.26 Å². The van der Waals surface area contributed by atoms with Crippen LogP contribution in [0.1, 0.15) is 4.88 Å². The van der Waals surface area contributed by atoms with Gasteiger partial charge in [-0.1, -0.05) is 84.9 Å². The first kappa shape index (κ1) is 30.6. The van der Waals surface area contributed by atoms with Crippen LogP contribution in [-0.2, 0) is 4.79 Å². The molecule has 0 fully saturated rings. The Bertz CT molecular complexity index is 2500. The summed E-state index contributed by atoms with van der Waals surface area (Å²) in [7, 11) is 0. The minimum atomic E-state index is -1.24. The van der Waals surface area contributed by atoms with Crippen molar-refractivity contribution in [3.63, 3.8) is 0 Å². The van der Waals surface area contributed by atoms with E-state index in [2.05, 4.69) is 100 Å². The number of aliphatic carboxylic acids is 1. The van der Waals surface area contributed by atoms with Gasteiger partial charge in [0.2, 0.25) is 0 Å². The number of thiophene rings is 1. The monoisotopic (exact) mass is 663 g/mol. The van der Waals surface area contributed by atoms with Gasteiger partial charge in [0, 0.05) is 49.8 Å². The molecular weight excluding hydrogens is 635 g/mol. The quantitative estimate of drug-likeness (QED) is 0.0995. The third kappa shape index (κ3) is 5.52. The minimum absolute atomic E-state index is 0.297. The molecule has 6 heteroatoms. The lowest BCUT2D eigenvalue weighted by molar-refractivity contribution is -0.132. The fourth-order valence-corrected chi connectivity index (χ4v) is 7.69. The number of para-hydroxylation sites is 4. The smallest absolute Gasteiger partial charge is 0.346 e. The summed E-state index contributed by atoms with van der Waals surface area (Å²) in [6.07, 6.45) is 1.50. The standard InChI is InChI=1S/C44H29N3O2S/c45-28-30(44(48)49)25-42-43-38-24-22-36(47(33-17-9-3-10-18-33)34-19-11-4-12-20-34)27-40(38)39-26-35(21-23-37(39)41(43)29-50-42)46(31-13-5-1-6-14-31)32-15-7-2-8-16-32/h1-27,29H,(H,48,49). The SMILES string of the molecule is N#CC(=Cc1scc2c3ccc(N(c4ccccc4)c4ccccc4)cc3c3cc(N(c4ccccc4)c4ccccc4)ccc3c12)C(=O)O. The molecule has 238 valence electrons. The van der Waals surface area contributed by atoms with Gasteiger partial charge in [0.1, 0.15) is 11.6 Å². The van der Waals surface area contributed by atoms with Crippen molar-refractivity contribution in [2.24, 2.45) is 0 Å². The summed E-state index contributed by atoms with van der Waals surface area (Å²) in [6, 6.07) is 56.2. The number of nitriles is 1. The first-order chi connectivity index (χ1) is 24.6. The predicted octanol–water partition coefficient (Wildman–Crippen LogP) is 12.1. The number of fused-ring (bicyclic) bond motifs is 6. The zero-order valence-electron chi connectivity index (χ0n) is 26.8. The average Bonchev–Trinajstić information content (AvgIpc) is 3.59. The Morgan fingerprint density at radius 2 is 0.960 bits per heavy atom. The Kier molecular flexibility index (Phi) is 8.02. The summed E-state index contributed by atoms with van der Waals surface area (Å²) in [5, 5.41) is 27.5. The second-order valence-electron chi connectivity index (χ2n) is 11.8. The molecule has 0 aliphatic rings. The van der Waals surface area contributed by atoms with E-state index < -0.39 is 5.97 Å². The van der Waals surface area contributed by atoms with Crippen LogP contribution in [0, 0.1) is 11.3 Å². The van der Waals surface area contributed by atoms with Crippen LogP contribution >= 0.6 is 11.3 Å². The van der Waals surface area contributed by atoms with E-state index >= 15 is 0 Å². The highest BCUT2D eigenvalue weighted by atomic mass is 32.1. The van der Waals surface area contributed by atoms with Crippen molar-refractivity contribution >= 4 is 89.8 Å². The predicted molar refractivity (Wildman–Crippen MR) is 207 cm³/mol. The second-order valence-corrected chi connectivity index (χ2v) is 12.7. The van der Waals surface area contributed by atoms with Gasteiger partial charge in [-0.3, -0.25) is 0 Å². The van der Waals surface area contributed by atoms with Gasteiger partial charge in [-0.25, -0.2) is 4.79 Å². The zero-order valence-corrected chi connectivity index (χ0v) is 27.6. The van der Waals surface area contributed by atoms with Gasteiger partial charge >= 0.3 is 5.97 Å². The van der Waals surface area contributed by atoms with Gasteiger partial charge in [-0.15, -0.1) is 11.3 Å². The van der Waals surface area contributed by atoms with Gasteiger partial charge in [0.25, 0.3) is 0 Å². The topological polar surface area (TPSA) is 67.6 Å². The lowest BCUT2D eigenvalue weighted by Gasteiger charge is -2.27. The van der Waals surface area contributed by atoms with Crippen LogP contribution in [0.25, 0.3) is 38.4 Å². The highest BCUT2D eigenvalue weighted by Crippen LogP contribution is 2.45.